The molecule has 1 aliphatic carbocycles. The van der Waals surface area contributed by atoms with Gasteiger partial charge in [-0.05, 0) is 19.8 Å². The zero-order valence-corrected chi connectivity index (χ0v) is 7.55. The number of ketones is 1. The molecule has 1 atom stereocenters. The maximum Gasteiger partial charge on any atom is 0.137 e. The Morgan fingerprint density at radius 3 is 2.67 bits per heavy atom. The van der Waals surface area contributed by atoms with Gasteiger partial charge < -0.3 is 0 Å². The van der Waals surface area contributed by atoms with Crippen molar-refractivity contribution in [3.8, 4) is 6.07 Å². The molecule has 0 aromatic heterocycles. The van der Waals surface area contributed by atoms with Crippen LogP contribution in [0.4, 0.5) is 0 Å². The fourth-order valence-corrected chi connectivity index (χ4v) is 1.76. The van der Waals surface area contributed by atoms with Crippen LogP contribution in [-0.2, 0) is 4.79 Å². The van der Waals surface area contributed by atoms with Crippen LogP contribution in [0.1, 0.15) is 39.0 Å². The van der Waals surface area contributed by atoms with Crippen molar-refractivity contribution in [3.63, 3.8) is 0 Å². The Hall–Kier alpha value is -0.840. The molecular formula is C10H15NO. The molecule has 0 heterocycles. The third kappa shape index (κ3) is 2.34. The van der Waals surface area contributed by atoms with Crippen LogP contribution in [0.5, 0.6) is 0 Å². The van der Waals surface area contributed by atoms with Gasteiger partial charge in [-0.1, -0.05) is 12.8 Å². The largest absolute Gasteiger partial charge is 0.299 e. The summed E-state index contributed by atoms with van der Waals surface area (Å²) in [6.07, 6.45) is 4.95. The minimum atomic E-state index is -0.0990. The van der Waals surface area contributed by atoms with Crippen LogP contribution < -0.4 is 0 Å². The summed E-state index contributed by atoms with van der Waals surface area (Å²) in [4.78, 5) is 11.5. The first-order valence-corrected chi connectivity index (χ1v) is 4.66. The Kier molecular flexibility index (Phi) is 3.28. The fourth-order valence-electron chi connectivity index (χ4n) is 1.76. The van der Waals surface area contributed by atoms with Gasteiger partial charge in [-0.3, -0.25) is 4.79 Å². The number of carbonyl (C=O) groups excluding carboxylic acids is 1. The average molecular weight is 165 g/mol. The number of nitrogens with zero attached hydrogens (tertiary/aromatic N) is 1. The van der Waals surface area contributed by atoms with Crippen LogP contribution in [0, 0.1) is 23.2 Å². The van der Waals surface area contributed by atoms with Gasteiger partial charge in [0.2, 0.25) is 0 Å². The molecule has 0 N–H and O–H groups in total. The summed E-state index contributed by atoms with van der Waals surface area (Å²) in [7, 11) is 0. The Labute approximate surface area is 73.6 Å². The van der Waals surface area contributed by atoms with Crippen LogP contribution in [0.3, 0.4) is 0 Å². The first-order valence-electron chi connectivity index (χ1n) is 4.66. The molecule has 2 heteroatoms. The second kappa shape index (κ2) is 4.25. The van der Waals surface area contributed by atoms with Gasteiger partial charge in [0, 0.05) is 12.3 Å². The summed E-state index contributed by atoms with van der Waals surface area (Å²) in [6, 6.07) is 2.10. The van der Waals surface area contributed by atoms with Crippen LogP contribution in [0.15, 0.2) is 0 Å². The lowest BCUT2D eigenvalue weighted by Gasteiger charge is -2.07. The minimum Gasteiger partial charge on any atom is -0.299 e. The van der Waals surface area contributed by atoms with E-state index in [0.717, 1.165) is 12.8 Å². The van der Waals surface area contributed by atoms with Crippen LogP contribution in [0.2, 0.25) is 0 Å². The van der Waals surface area contributed by atoms with Crippen LogP contribution in [0.25, 0.3) is 0 Å². The van der Waals surface area contributed by atoms with Crippen molar-refractivity contribution in [1.29, 1.82) is 5.26 Å². The number of Topliss-reactive ketones (excluding diaryl/α,β-unsaturated/α-hetero) is 1. The van der Waals surface area contributed by atoms with Gasteiger partial charge in [0.1, 0.15) is 5.78 Å². The van der Waals surface area contributed by atoms with E-state index in [1.54, 1.807) is 0 Å². The molecule has 0 aliphatic heterocycles. The van der Waals surface area contributed by atoms with Crippen molar-refractivity contribution >= 4 is 5.78 Å². The standard InChI is InChI=1S/C10H15NO/c1-8(7-11)6-10(12)9-4-2-3-5-9/h8-9H,2-6H2,1H3. The number of carbonyl (C=O) groups is 1. The molecule has 12 heavy (non-hydrogen) atoms. The first kappa shape index (κ1) is 9.25. The van der Waals surface area contributed by atoms with Gasteiger partial charge in [-0.25, -0.2) is 0 Å². The summed E-state index contributed by atoms with van der Waals surface area (Å²) in [6.45, 7) is 1.81. The lowest BCUT2D eigenvalue weighted by Crippen LogP contribution is -2.13. The predicted molar refractivity (Wildman–Crippen MR) is 46.4 cm³/mol. The van der Waals surface area contributed by atoms with Gasteiger partial charge in [0.15, 0.2) is 0 Å². The highest BCUT2D eigenvalue weighted by Gasteiger charge is 2.23. The van der Waals surface area contributed by atoms with Gasteiger partial charge in [0.05, 0.1) is 12.0 Å². The monoisotopic (exact) mass is 165 g/mol. The fraction of sp³-hybridized carbons (Fsp3) is 0.800. The van der Waals surface area contributed by atoms with Crippen molar-refractivity contribution in [2.45, 2.75) is 39.0 Å². The molecule has 0 amide bonds. The highest BCUT2D eigenvalue weighted by Crippen LogP contribution is 2.27. The van der Waals surface area contributed by atoms with Crippen molar-refractivity contribution < 1.29 is 4.79 Å². The van der Waals surface area contributed by atoms with E-state index in [1.165, 1.54) is 12.8 Å². The zero-order chi connectivity index (χ0) is 8.97. The van der Waals surface area contributed by atoms with Crippen molar-refractivity contribution in [1.82, 2.24) is 0 Å². The third-order valence-corrected chi connectivity index (χ3v) is 2.54. The van der Waals surface area contributed by atoms with E-state index >= 15 is 0 Å². The van der Waals surface area contributed by atoms with Gasteiger partial charge in [0.25, 0.3) is 0 Å². The number of rotatable bonds is 3. The molecule has 1 aliphatic rings. The normalized spacial score (nSPS) is 20.3. The number of hydrogen-bond donors (Lipinski definition) is 0. The smallest absolute Gasteiger partial charge is 0.137 e. The second-order valence-corrected chi connectivity index (χ2v) is 3.68. The molecule has 0 radical (unpaired) electrons. The molecule has 1 fully saturated rings. The molecule has 0 bridgehead atoms. The molecule has 0 aromatic rings. The minimum absolute atomic E-state index is 0.0990. The molecule has 0 spiro atoms. The lowest BCUT2D eigenvalue weighted by atomic mass is 9.95. The average Bonchev–Trinajstić information content (AvgIpc) is 2.56. The maximum absolute atomic E-state index is 11.5. The van der Waals surface area contributed by atoms with E-state index in [4.69, 9.17) is 5.26 Å². The molecule has 1 unspecified atom stereocenters. The van der Waals surface area contributed by atoms with E-state index in [0.29, 0.717) is 12.2 Å². The van der Waals surface area contributed by atoms with E-state index < -0.39 is 0 Å². The molecule has 2 nitrogen and oxygen atoms in total. The zero-order valence-electron chi connectivity index (χ0n) is 7.55. The number of hydrogen-bond acceptors (Lipinski definition) is 2. The Morgan fingerprint density at radius 2 is 2.17 bits per heavy atom. The van der Waals surface area contributed by atoms with E-state index in [-0.39, 0.29) is 11.8 Å². The third-order valence-electron chi connectivity index (χ3n) is 2.54. The van der Waals surface area contributed by atoms with Crippen molar-refractivity contribution in [2.24, 2.45) is 11.8 Å². The molecule has 0 aromatic carbocycles. The first-order chi connectivity index (χ1) is 5.74. The highest BCUT2D eigenvalue weighted by molar-refractivity contribution is 5.81. The van der Waals surface area contributed by atoms with Gasteiger partial charge in [-0.2, -0.15) is 5.26 Å². The van der Waals surface area contributed by atoms with E-state index in [1.807, 2.05) is 6.92 Å². The highest BCUT2D eigenvalue weighted by atomic mass is 16.1. The summed E-state index contributed by atoms with van der Waals surface area (Å²) in [5, 5.41) is 8.52. The molecule has 0 saturated heterocycles. The summed E-state index contributed by atoms with van der Waals surface area (Å²) in [5.74, 6) is 0.487. The Bertz CT molecular complexity index is 198. The van der Waals surface area contributed by atoms with Gasteiger partial charge >= 0.3 is 0 Å². The molecule has 66 valence electrons. The molecule has 1 saturated carbocycles. The Morgan fingerprint density at radius 1 is 1.58 bits per heavy atom. The van der Waals surface area contributed by atoms with E-state index in [9.17, 15) is 4.79 Å². The summed E-state index contributed by atoms with van der Waals surface area (Å²) < 4.78 is 0. The predicted octanol–water partition coefficient (Wildman–Crippen LogP) is 2.30. The van der Waals surface area contributed by atoms with Crippen LogP contribution >= 0.6 is 0 Å². The molecular weight excluding hydrogens is 150 g/mol. The van der Waals surface area contributed by atoms with Crippen molar-refractivity contribution in [3.05, 3.63) is 0 Å². The second-order valence-electron chi connectivity index (χ2n) is 3.68. The van der Waals surface area contributed by atoms with E-state index in [2.05, 4.69) is 6.07 Å². The summed E-state index contributed by atoms with van der Waals surface area (Å²) in [5.41, 5.74) is 0. The quantitative estimate of drug-likeness (QED) is 0.643. The SMILES string of the molecule is CC(C#N)CC(=O)C1CCCC1. The number of nitriles is 1. The molecule has 1 rings (SSSR count). The van der Waals surface area contributed by atoms with Gasteiger partial charge in [-0.15, -0.1) is 0 Å². The Balaban J connectivity index is 2.33. The van der Waals surface area contributed by atoms with Crippen molar-refractivity contribution in [2.75, 3.05) is 0 Å². The summed E-state index contributed by atoms with van der Waals surface area (Å²) >= 11 is 0. The lowest BCUT2D eigenvalue weighted by molar-refractivity contribution is -0.123. The topological polar surface area (TPSA) is 40.9 Å². The maximum atomic E-state index is 11.5. The van der Waals surface area contributed by atoms with Crippen LogP contribution in [-0.4, -0.2) is 5.78 Å².